The lowest BCUT2D eigenvalue weighted by Gasteiger charge is -2.35. The van der Waals surface area contributed by atoms with Crippen molar-refractivity contribution < 1.29 is 0 Å². The second kappa shape index (κ2) is 5.41. The van der Waals surface area contributed by atoms with Crippen LogP contribution in [-0.2, 0) is 0 Å². The van der Waals surface area contributed by atoms with E-state index in [1.807, 2.05) is 0 Å². The Labute approximate surface area is 120 Å². The van der Waals surface area contributed by atoms with Crippen LogP contribution in [0.25, 0.3) is 10.9 Å². The van der Waals surface area contributed by atoms with Gasteiger partial charge in [-0.15, -0.1) is 0 Å². The van der Waals surface area contributed by atoms with Gasteiger partial charge in [-0.1, -0.05) is 18.2 Å². The van der Waals surface area contributed by atoms with Crippen LogP contribution in [0.2, 0.25) is 0 Å². The molecule has 2 aromatic rings. The van der Waals surface area contributed by atoms with Crippen LogP contribution in [0.4, 0.5) is 5.82 Å². The number of aryl methyl sites for hydroxylation is 1. The van der Waals surface area contributed by atoms with E-state index in [-0.39, 0.29) is 0 Å². The van der Waals surface area contributed by atoms with Crippen molar-refractivity contribution in [3.63, 3.8) is 0 Å². The van der Waals surface area contributed by atoms with Crippen molar-refractivity contribution in [3.05, 3.63) is 35.9 Å². The van der Waals surface area contributed by atoms with Crippen LogP contribution in [0.15, 0.2) is 30.3 Å². The maximum Gasteiger partial charge on any atom is 0.132 e. The summed E-state index contributed by atoms with van der Waals surface area (Å²) in [5.74, 6) is 1.80. The highest BCUT2D eigenvalue weighted by atomic mass is 15.2. The smallest absolute Gasteiger partial charge is 0.132 e. The quantitative estimate of drug-likeness (QED) is 0.911. The summed E-state index contributed by atoms with van der Waals surface area (Å²) in [4.78, 5) is 7.28. The van der Waals surface area contributed by atoms with Crippen LogP contribution >= 0.6 is 0 Å². The van der Waals surface area contributed by atoms with Crippen molar-refractivity contribution >= 4 is 16.7 Å². The molecule has 1 aromatic carbocycles. The van der Waals surface area contributed by atoms with Crippen LogP contribution in [0.5, 0.6) is 0 Å². The molecule has 3 rings (SSSR count). The number of anilines is 1. The van der Waals surface area contributed by atoms with Crippen LogP contribution in [0.3, 0.4) is 0 Å². The fourth-order valence-electron chi connectivity index (χ4n) is 3.17. The van der Waals surface area contributed by atoms with Gasteiger partial charge in [0.05, 0.1) is 5.52 Å². The zero-order chi connectivity index (χ0) is 14.1. The van der Waals surface area contributed by atoms with Crippen LogP contribution < -0.4 is 10.6 Å². The average molecular weight is 269 g/mol. The highest BCUT2D eigenvalue weighted by Gasteiger charge is 2.23. The largest absolute Gasteiger partial charge is 0.356 e. The summed E-state index contributed by atoms with van der Waals surface area (Å²) in [6.07, 6.45) is 2.34. The van der Waals surface area contributed by atoms with Gasteiger partial charge in [0.15, 0.2) is 0 Å². The third-order valence-electron chi connectivity index (χ3n) is 4.47. The van der Waals surface area contributed by atoms with E-state index in [9.17, 15) is 0 Å². The summed E-state index contributed by atoms with van der Waals surface area (Å²) < 4.78 is 0. The molecule has 0 radical (unpaired) electrons. The van der Waals surface area contributed by atoms with Crippen LogP contribution in [0, 0.1) is 12.8 Å². The van der Waals surface area contributed by atoms with E-state index in [0.717, 1.165) is 24.4 Å². The number of hydrogen-bond donors (Lipinski definition) is 1. The van der Waals surface area contributed by atoms with Gasteiger partial charge in [-0.3, -0.25) is 0 Å². The minimum atomic E-state index is 0.308. The molecule has 2 heterocycles. The van der Waals surface area contributed by atoms with Crippen molar-refractivity contribution in [2.75, 3.05) is 18.0 Å². The van der Waals surface area contributed by atoms with E-state index in [2.05, 4.69) is 49.1 Å². The zero-order valence-corrected chi connectivity index (χ0v) is 12.3. The first kappa shape index (κ1) is 13.4. The summed E-state index contributed by atoms with van der Waals surface area (Å²) in [6, 6.07) is 10.9. The third kappa shape index (κ3) is 2.50. The Morgan fingerprint density at radius 1 is 1.25 bits per heavy atom. The summed E-state index contributed by atoms with van der Waals surface area (Å²) in [5, 5.41) is 1.22. The fourth-order valence-corrected chi connectivity index (χ4v) is 3.17. The van der Waals surface area contributed by atoms with Crippen molar-refractivity contribution in [2.24, 2.45) is 11.7 Å². The summed E-state index contributed by atoms with van der Waals surface area (Å²) in [5.41, 5.74) is 8.37. The normalized spacial score (nSPS) is 18.4. The van der Waals surface area contributed by atoms with Gasteiger partial charge in [-0.25, -0.2) is 4.98 Å². The lowest BCUT2D eigenvalue weighted by atomic mass is 9.91. The van der Waals surface area contributed by atoms with Crippen molar-refractivity contribution in [1.29, 1.82) is 0 Å². The first-order valence-electron chi connectivity index (χ1n) is 7.52. The van der Waals surface area contributed by atoms with E-state index in [4.69, 9.17) is 10.7 Å². The number of fused-ring (bicyclic) bond motifs is 1. The number of piperidine rings is 1. The zero-order valence-electron chi connectivity index (χ0n) is 12.3. The van der Waals surface area contributed by atoms with E-state index in [1.54, 1.807) is 0 Å². The van der Waals surface area contributed by atoms with E-state index in [1.165, 1.54) is 23.8 Å². The molecule has 0 amide bonds. The predicted octanol–water partition coefficient (Wildman–Crippen LogP) is 3.11. The van der Waals surface area contributed by atoms with E-state index >= 15 is 0 Å². The van der Waals surface area contributed by atoms with Gasteiger partial charge in [0.25, 0.3) is 0 Å². The number of nitrogens with two attached hydrogens (primary N) is 1. The molecular weight excluding hydrogens is 246 g/mol. The molecule has 1 saturated heterocycles. The lowest BCUT2D eigenvalue weighted by molar-refractivity contribution is 0.353. The van der Waals surface area contributed by atoms with Gasteiger partial charge < -0.3 is 10.6 Å². The molecule has 0 saturated carbocycles. The Balaban J connectivity index is 1.86. The lowest BCUT2D eigenvalue weighted by Crippen LogP contribution is -2.40. The highest BCUT2D eigenvalue weighted by Crippen LogP contribution is 2.27. The summed E-state index contributed by atoms with van der Waals surface area (Å²) >= 11 is 0. The molecule has 0 spiro atoms. The molecule has 0 bridgehead atoms. The van der Waals surface area contributed by atoms with Gasteiger partial charge in [0, 0.05) is 24.5 Å². The topological polar surface area (TPSA) is 42.2 Å². The molecule has 2 N–H and O–H groups in total. The Bertz CT molecular complexity index is 598. The number of rotatable bonds is 2. The fraction of sp³-hybridized carbons (Fsp3) is 0.471. The highest BCUT2D eigenvalue weighted by molar-refractivity contribution is 5.81. The number of aromatic nitrogens is 1. The van der Waals surface area contributed by atoms with Crippen molar-refractivity contribution in [1.82, 2.24) is 4.98 Å². The Morgan fingerprint density at radius 3 is 2.65 bits per heavy atom. The second-order valence-corrected chi connectivity index (χ2v) is 6.01. The van der Waals surface area contributed by atoms with Gasteiger partial charge in [-0.05, 0) is 50.3 Å². The molecule has 1 atom stereocenters. The van der Waals surface area contributed by atoms with Crippen LogP contribution in [-0.4, -0.2) is 24.1 Å². The summed E-state index contributed by atoms with van der Waals surface area (Å²) in [6.45, 7) is 6.42. The molecule has 20 heavy (non-hydrogen) atoms. The minimum absolute atomic E-state index is 0.308. The van der Waals surface area contributed by atoms with E-state index in [0.29, 0.717) is 12.0 Å². The van der Waals surface area contributed by atoms with Crippen LogP contribution in [0.1, 0.15) is 25.3 Å². The molecule has 1 fully saturated rings. The van der Waals surface area contributed by atoms with Gasteiger partial charge in [0.2, 0.25) is 0 Å². The van der Waals surface area contributed by atoms with Gasteiger partial charge >= 0.3 is 0 Å². The van der Waals surface area contributed by atoms with Crippen molar-refractivity contribution in [2.45, 2.75) is 32.7 Å². The first-order valence-corrected chi connectivity index (χ1v) is 7.52. The number of pyridine rings is 1. The van der Waals surface area contributed by atoms with Gasteiger partial charge in [0.1, 0.15) is 5.82 Å². The molecule has 1 aliphatic rings. The van der Waals surface area contributed by atoms with Gasteiger partial charge in [-0.2, -0.15) is 0 Å². The van der Waals surface area contributed by atoms with E-state index < -0.39 is 0 Å². The van der Waals surface area contributed by atoms with Crippen molar-refractivity contribution in [3.8, 4) is 0 Å². The molecule has 3 heteroatoms. The SMILES string of the molecule is Cc1cc2ccccc2nc1N1CCC(C(C)N)CC1. The predicted molar refractivity (Wildman–Crippen MR) is 85.1 cm³/mol. The Morgan fingerprint density at radius 2 is 1.95 bits per heavy atom. The molecule has 0 aliphatic carbocycles. The maximum atomic E-state index is 6.02. The Hall–Kier alpha value is -1.61. The number of nitrogens with zero attached hydrogens (tertiary/aromatic N) is 2. The number of benzene rings is 1. The number of hydrogen-bond acceptors (Lipinski definition) is 3. The molecule has 1 unspecified atom stereocenters. The molecule has 106 valence electrons. The molecular formula is C17H23N3. The minimum Gasteiger partial charge on any atom is -0.356 e. The average Bonchev–Trinajstić information content (AvgIpc) is 2.46. The standard InChI is InChI=1S/C17H23N3/c1-12-11-15-5-3-4-6-16(15)19-17(12)20-9-7-14(8-10-20)13(2)18/h3-6,11,13-14H,7-10,18H2,1-2H3. The monoisotopic (exact) mass is 269 g/mol. The Kier molecular flexibility index (Phi) is 3.62. The second-order valence-electron chi connectivity index (χ2n) is 6.01. The molecule has 1 aliphatic heterocycles. The first-order chi connectivity index (χ1) is 9.65. The number of para-hydroxylation sites is 1. The maximum absolute atomic E-state index is 6.02. The molecule has 3 nitrogen and oxygen atoms in total. The molecule has 1 aromatic heterocycles. The summed E-state index contributed by atoms with van der Waals surface area (Å²) in [7, 11) is 0. The third-order valence-corrected chi connectivity index (χ3v) is 4.47.